The lowest BCUT2D eigenvalue weighted by Gasteiger charge is -2.18. The van der Waals surface area contributed by atoms with Crippen LogP contribution in [0.5, 0.6) is 0 Å². The molecule has 0 aliphatic rings. The van der Waals surface area contributed by atoms with Crippen LogP contribution in [-0.2, 0) is 14.8 Å². The first kappa shape index (κ1) is 20.3. The van der Waals surface area contributed by atoms with Crippen molar-refractivity contribution < 1.29 is 13.2 Å². The number of carbonyl (C=O) groups excluding carboxylic acids is 1. The fourth-order valence-corrected chi connectivity index (χ4v) is 3.32. The highest BCUT2D eigenvalue weighted by atomic mass is 32.2. The van der Waals surface area contributed by atoms with Gasteiger partial charge in [-0.05, 0) is 20.3 Å². The highest BCUT2D eigenvalue weighted by molar-refractivity contribution is 7.89. The Kier molecular flexibility index (Phi) is 7.09. The molecule has 0 spiro atoms. The van der Waals surface area contributed by atoms with E-state index in [-0.39, 0.29) is 12.3 Å². The Balaban J connectivity index is 2.82. The monoisotopic (exact) mass is 357 g/mol. The molecule has 0 atom stereocenters. The Morgan fingerprint density at radius 1 is 1.12 bits per heavy atom. The normalized spacial score (nSPS) is 11.6. The van der Waals surface area contributed by atoms with Gasteiger partial charge in [0.05, 0.1) is 29.4 Å². The lowest BCUT2D eigenvalue weighted by atomic mass is 10.3. The number of unbranched alkanes of at least 4 members (excludes halogenated alkanes) is 1. The summed E-state index contributed by atoms with van der Waals surface area (Å²) in [6.45, 7) is 5.24. The van der Waals surface area contributed by atoms with Gasteiger partial charge in [0.25, 0.3) is 0 Å². The number of nitrogens with zero attached hydrogens (tertiary/aromatic N) is 4. The van der Waals surface area contributed by atoms with E-state index in [4.69, 9.17) is 0 Å². The highest BCUT2D eigenvalue weighted by Crippen LogP contribution is 2.19. The highest BCUT2D eigenvalue weighted by Gasteiger charge is 2.21. The number of aromatic nitrogens is 2. The standard InChI is InChI=1S/C15H27N5O3S/c1-7-8-9-24(22,23)20(6)10-13(21)18-14-11(2)16-15(19(4)5)17-12(14)3/h7-10H2,1-6H3,(H,18,21). The average molecular weight is 357 g/mol. The minimum Gasteiger partial charge on any atom is -0.347 e. The number of sulfonamides is 1. The van der Waals surface area contributed by atoms with Gasteiger partial charge in [-0.3, -0.25) is 4.79 Å². The van der Waals surface area contributed by atoms with Crippen LogP contribution in [0, 0.1) is 13.8 Å². The maximum atomic E-state index is 12.2. The molecule has 0 fully saturated rings. The number of hydrogen-bond acceptors (Lipinski definition) is 6. The molecule has 9 heteroatoms. The second-order valence-corrected chi connectivity index (χ2v) is 8.13. The summed E-state index contributed by atoms with van der Waals surface area (Å²) in [5.41, 5.74) is 1.79. The summed E-state index contributed by atoms with van der Waals surface area (Å²) in [6.07, 6.45) is 1.36. The summed E-state index contributed by atoms with van der Waals surface area (Å²) < 4.78 is 25.2. The summed E-state index contributed by atoms with van der Waals surface area (Å²) in [7, 11) is 1.67. The Hall–Kier alpha value is -1.74. The maximum absolute atomic E-state index is 12.2. The third kappa shape index (κ3) is 5.41. The molecule has 0 saturated heterocycles. The molecule has 1 amide bonds. The van der Waals surface area contributed by atoms with Gasteiger partial charge < -0.3 is 10.2 Å². The molecule has 8 nitrogen and oxygen atoms in total. The van der Waals surface area contributed by atoms with E-state index >= 15 is 0 Å². The SMILES string of the molecule is CCCCS(=O)(=O)N(C)CC(=O)Nc1c(C)nc(N(C)C)nc1C. The summed E-state index contributed by atoms with van der Waals surface area (Å²) in [4.78, 5) is 22.6. The van der Waals surface area contributed by atoms with Crippen LogP contribution in [0.4, 0.5) is 11.6 Å². The second kappa shape index (κ2) is 8.39. The number of carbonyl (C=O) groups is 1. The van der Waals surface area contributed by atoms with Crippen molar-refractivity contribution in [2.75, 3.05) is 43.7 Å². The number of anilines is 2. The molecular weight excluding hydrogens is 330 g/mol. The first-order valence-corrected chi connectivity index (χ1v) is 9.45. The Bertz CT molecular complexity index is 665. The Morgan fingerprint density at radius 2 is 1.67 bits per heavy atom. The lowest BCUT2D eigenvalue weighted by Crippen LogP contribution is -2.36. The molecule has 1 N–H and O–H groups in total. The quantitative estimate of drug-likeness (QED) is 0.750. The van der Waals surface area contributed by atoms with Crippen molar-refractivity contribution in [3.05, 3.63) is 11.4 Å². The predicted octanol–water partition coefficient (Wildman–Crippen LogP) is 1.16. The van der Waals surface area contributed by atoms with E-state index in [1.165, 1.54) is 7.05 Å². The van der Waals surface area contributed by atoms with E-state index in [0.717, 1.165) is 10.7 Å². The van der Waals surface area contributed by atoms with E-state index in [1.807, 2.05) is 21.0 Å². The number of nitrogens with one attached hydrogen (secondary N) is 1. The molecule has 0 bridgehead atoms. The van der Waals surface area contributed by atoms with Gasteiger partial charge in [0.2, 0.25) is 21.9 Å². The van der Waals surface area contributed by atoms with Gasteiger partial charge in [0, 0.05) is 21.1 Å². The molecule has 136 valence electrons. The third-order valence-electron chi connectivity index (χ3n) is 3.52. The molecule has 0 aliphatic carbocycles. The molecule has 24 heavy (non-hydrogen) atoms. The van der Waals surface area contributed by atoms with Gasteiger partial charge in [-0.1, -0.05) is 13.3 Å². The van der Waals surface area contributed by atoms with Crippen LogP contribution >= 0.6 is 0 Å². The fraction of sp³-hybridized carbons (Fsp3) is 0.667. The zero-order valence-electron chi connectivity index (χ0n) is 15.3. The topological polar surface area (TPSA) is 95.5 Å². The molecule has 1 aromatic rings. The van der Waals surface area contributed by atoms with Crippen molar-refractivity contribution in [1.29, 1.82) is 0 Å². The van der Waals surface area contributed by atoms with E-state index in [0.29, 0.717) is 29.4 Å². The van der Waals surface area contributed by atoms with E-state index < -0.39 is 15.9 Å². The maximum Gasteiger partial charge on any atom is 0.239 e. The number of rotatable bonds is 8. The zero-order valence-corrected chi connectivity index (χ0v) is 16.1. The van der Waals surface area contributed by atoms with Crippen LogP contribution in [0.2, 0.25) is 0 Å². The number of hydrogen-bond donors (Lipinski definition) is 1. The molecule has 0 saturated carbocycles. The minimum absolute atomic E-state index is 0.0476. The molecule has 0 unspecified atom stereocenters. The first-order valence-electron chi connectivity index (χ1n) is 7.85. The van der Waals surface area contributed by atoms with Gasteiger partial charge >= 0.3 is 0 Å². The lowest BCUT2D eigenvalue weighted by molar-refractivity contribution is -0.116. The summed E-state index contributed by atoms with van der Waals surface area (Å²) in [5.74, 6) is 0.193. The average Bonchev–Trinajstić information content (AvgIpc) is 2.48. The Labute approximate surface area is 144 Å². The van der Waals surface area contributed by atoms with Crippen molar-refractivity contribution >= 4 is 27.6 Å². The minimum atomic E-state index is -3.41. The molecule has 1 aromatic heterocycles. The molecule has 1 heterocycles. The molecule has 0 aromatic carbocycles. The predicted molar refractivity (Wildman–Crippen MR) is 95.8 cm³/mol. The van der Waals surface area contributed by atoms with Crippen molar-refractivity contribution in [1.82, 2.24) is 14.3 Å². The van der Waals surface area contributed by atoms with Gasteiger partial charge in [0.1, 0.15) is 0 Å². The van der Waals surface area contributed by atoms with Crippen LogP contribution in [0.1, 0.15) is 31.2 Å². The second-order valence-electron chi connectivity index (χ2n) is 5.94. The van der Waals surface area contributed by atoms with Crippen LogP contribution in [0.25, 0.3) is 0 Å². The van der Waals surface area contributed by atoms with Crippen LogP contribution in [0.15, 0.2) is 0 Å². The smallest absolute Gasteiger partial charge is 0.239 e. The number of amides is 1. The largest absolute Gasteiger partial charge is 0.347 e. The summed E-state index contributed by atoms with van der Waals surface area (Å²) >= 11 is 0. The van der Waals surface area contributed by atoms with E-state index in [2.05, 4.69) is 15.3 Å². The summed E-state index contributed by atoms with van der Waals surface area (Å²) in [5, 5.41) is 2.72. The number of likely N-dealkylation sites (N-methyl/N-ethyl adjacent to an activating group) is 1. The summed E-state index contributed by atoms with van der Waals surface area (Å²) in [6, 6.07) is 0. The van der Waals surface area contributed by atoms with Crippen molar-refractivity contribution in [2.45, 2.75) is 33.6 Å². The zero-order chi connectivity index (χ0) is 18.5. The first-order chi connectivity index (χ1) is 11.1. The molecular formula is C15H27N5O3S. The fourth-order valence-electron chi connectivity index (χ4n) is 2.04. The molecule has 0 radical (unpaired) electrons. The third-order valence-corrected chi connectivity index (χ3v) is 5.40. The van der Waals surface area contributed by atoms with Crippen molar-refractivity contribution in [3.8, 4) is 0 Å². The van der Waals surface area contributed by atoms with Gasteiger partial charge in [0.15, 0.2) is 0 Å². The van der Waals surface area contributed by atoms with E-state index in [9.17, 15) is 13.2 Å². The van der Waals surface area contributed by atoms with Crippen molar-refractivity contribution in [3.63, 3.8) is 0 Å². The van der Waals surface area contributed by atoms with Gasteiger partial charge in [-0.15, -0.1) is 0 Å². The molecule has 1 rings (SSSR count). The van der Waals surface area contributed by atoms with Gasteiger partial charge in [-0.2, -0.15) is 4.31 Å². The van der Waals surface area contributed by atoms with Crippen LogP contribution < -0.4 is 10.2 Å². The van der Waals surface area contributed by atoms with E-state index in [1.54, 1.807) is 18.7 Å². The Morgan fingerprint density at radius 3 is 2.12 bits per heavy atom. The van der Waals surface area contributed by atoms with Crippen LogP contribution in [0.3, 0.4) is 0 Å². The van der Waals surface area contributed by atoms with Crippen molar-refractivity contribution in [2.24, 2.45) is 0 Å². The number of aryl methyl sites for hydroxylation is 2. The van der Waals surface area contributed by atoms with Gasteiger partial charge in [-0.25, -0.2) is 18.4 Å². The van der Waals surface area contributed by atoms with Crippen LogP contribution in [-0.4, -0.2) is 62.0 Å². The molecule has 0 aliphatic heterocycles.